The highest BCUT2D eigenvalue weighted by atomic mass is 19.1. The molecule has 1 aliphatic rings. The van der Waals surface area contributed by atoms with E-state index in [2.05, 4.69) is 6.58 Å². The van der Waals surface area contributed by atoms with Crippen molar-refractivity contribution in [3.63, 3.8) is 0 Å². The second-order valence-corrected chi connectivity index (χ2v) is 5.27. The molecule has 0 radical (unpaired) electrons. The van der Waals surface area contributed by atoms with E-state index in [0.717, 1.165) is 0 Å². The van der Waals surface area contributed by atoms with E-state index in [1.807, 2.05) is 0 Å². The number of hydrogen-bond donors (Lipinski definition) is 1. The van der Waals surface area contributed by atoms with E-state index in [1.54, 1.807) is 18.2 Å². The van der Waals surface area contributed by atoms with Gasteiger partial charge in [-0.3, -0.25) is 4.79 Å². The van der Waals surface area contributed by atoms with Crippen molar-refractivity contribution < 1.29 is 19.1 Å². The van der Waals surface area contributed by atoms with Crippen molar-refractivity contribution in [3.8, 4) is 0 Å². The SMILES string of the molecule is C=CC[C@H]1c2cccc(C(=O)O)c2C(=O)N1c1ccc(F)cc1. The smallest absolute Gasteiger partial charge is 0.336 e. The van der Waals surface area contributed by atoms with Crippen LogP contribution >= 0.6 is 0 Å². The molecule has 5 heteroatoms. The maximum absolute atomic E-state index is 13.2. The maximum Gasteiger partial charge on any atom is 0.336 e. The Morgan fingerprint density at radius 1 is 1.26 bits per heavy atom. The van der Waals surface area contributed by atoms with Crippen molar-refractivity contribution in [2.24, 2.45) is 0 Å². The minimum Gasteiger partial charge on any atom is -0.478 e. The zero-order valence-electron chi connectivity index (χ0n) is 12.2. The summed E-state index contributed by atoms with van der Waals surface area (Å²) in [5.41, 5.74) is 1.34. The molecule has 0 bridgehead atoms. The van der Waals surface area contributed by atoms with Crippen molar-refractivity contribution in [1.82, 2.24) is 0 Å². The summed E-state index contributed by atoms with van der Waals surface area (Å²) >= 11 is 0. The Kier molecular flexibility index (Phi) is 3.70. The van der Waals surface area contributed by atoms with Gasteiger partial charge in [-0.2, -0.15) is 0 Å². The van der Waals surface area contributed by atoms with Gasteiger partial charge in [-0.25, -0.2) is 9.18 Å². The van der Waals surface area contributed by atoms with Crippen molar-refractivity contribution in [1.29, 1.82) is 0 Å². The number of rotatable bonds is 4. The highest BCUT2D eigenvalue weighted by molar-refractivity contribution is 6.16. The monoisotopic (exact) mass is 311 g/mol. The van der Waals surface area contributed by atoms with Gasteiger partial charge in [0.05, 0.1) is 17.2 Å². The van der Waals surface area contributed by atoms with Gasteiger partial charge in [0, 0.05) is 5.69 Å². The van der Waals surface area contributed by atoms with Crippen LogP contribution in [0.4, 0.5) is 10.1 Å². The summed E-state index contributed by atoms with van der Waals surface area (Å²) in [6.07, 6.45) is 2.15. The zero-order valence-corrected chi connectivity index (χ0v) is 12.2. The van der Waals surface area contributed by atoms with E-state index in [4.69, 9.17) is 0 Å². The third-order valence-electron chi connectivity index (χ3n) is 3.93. The number of carbonyl (C=O) groups excluding carboxylic acids is 1. The molecule has 0 aromatic heterocycles. The molecule has 1 atom stereocenters. The average Bonchev–Trinajstić information content (AvgIpc) is 2.81. The summed E-state index contributed by atoms with van der Waals surface area (Å²) in [7, 11) is 0. The molecule has 0 spiro atoms. The van der Waals surface area contributed by atoms with Gasteiger partial charge in [0.25, 0.3) is 5.91 Å². The number of hydrogen-bond acceptors (Lipinski definition) is 2. The van der Waals surface area contributed by atoms with Crippen molar-refractivity contribution in [2.45, 2.75) is 12.5 Å². The Morgan fingerprint density at radius 2 is 1.96 bits per heavy atom. The number of amides is 1. The molecule has 1 aliphatic heterocycles. The first-order valence-electron chi connectivity index (χ1n) is 7.11. The summed E-state index contributed by atoms with van der Waals surface area (Å²) in [6.45, 7) is 3.71. The molecule has 0 saturated carbocycles. The summed E-state index contributed by atoms with van der Waals surface area (Å²) < 4.78 is 13.2. The van der Waals surface area contributed by atoms with E-state index >= 15 is 0 Å². The lowest BCUT2D eigenvalue weighted by Crippen LogP contribution is -2.28. The van der Waals surface area contributed by atoms with Crippen LogP contribution in [0.1, 0.15) is 38.7 Å². The third-order valence-corrected chi connectivity index (χ3v) is 3.93. The Bertz CT molecular complexity index is 798. The summed E-state index contributed by atoms with van der Waals surface area (Å²) in [6, 6.07) is 10.0. The van der Waals surface area contributed by atoms with Gasteiger partial charge < -0.3 is 10.0 Å². The number of carbonyl (C=O) groups is 2. The Balaban J connectivity index is 2.17. The minimum absolute atomic E-state index is 0.0221. The fourth-order valence-corrected chi connectivity index (χ4v) is 2.95. The quantitative estimate of drug-likeness (QED) is 0.874. The Hall–Kier alpha value is -2.95. The van der Waals surface area contributed by atoms with Gasteiger partial charge in [0.2, 0.25) is 0 Å². The molecule has 1 heterocycles. The molecule has 0 unspecified atom stereocenters. The van der Waals surface area contributed by atoms with E-state index in [0.29, 0.717) is 17.7 Å². The first-order valence-corrected chi connectivity index (χ1v) is 7.11. The summed E-state index contributed by atoms with van der Waals surface area (Å²) in [5, 5.41) is 9.34. The van der Waals surface area contributed by atoms with E-state index < -0.39 is 17.7 Å². The number of benzene rings is 2. The molecule has 4 nitrogen and oxygen atoms in total. The van der Waals surface area contributed by atoms with Gasteiger partial charge in [-0.05, 0) is 42.3 Å². The molecule has 1 amide bonds. The number of fused-ring (bicyclic) bond motifs is 1. The number of carboxylic acids is 1. The number of halogens is 1. The van der Waals surface area contributed by atoms with Crippen molar-refractivity contribution >= 4 is 17.6 Å². The van der Waals surface area contributed by atoms with Gasteiger partial charge in [0.1, 0.15) is 5.82 Å². The Morgan fingerprint density at radius 3 is 2.57 bits per heavy atom. The second-order valence-electron chi connectivity index (χ2n) is 5.27. The standard InChI is InChI=1S/C18H14FNO3/c1-2-4-15-13-5-3-6-14(18(22)23)16(13)17(21)20(15)12-9-7-11(19)8-10-12/h2-3,5-10,15H,1,4H2,(H,22,23)/t15-/m0/s1. The van der Waals surface area contributed by atoms with Crippen LogP contribution < -0.4 is 4.90 Å². The zero-order chi connectivity index (χ0) is 16.6. The topological polar surface area (TPSA) is 57.6 Å². The molecular weight excluding hydrogens is 297 g/mol. The van der Waals surface area contributed by atoms with Crippen LogP contribution in [-0.4, -0.2) is 17.0 Å². The summed E-state index contributed by atoms with van der Waals surface area (Å²) in [4.78, 5) is 25.7. The van der Waals surface area contributed by atoms with Crippen molar-refractivity contribution in [3.05, 3.63) is 77.6 Å². The van der Waals surface area contributed by atoms with Crippen LogP contribution in [0.25, 0.3) is 0 Å². The lowest BCUT2D eigenvalue weighted by atomic mass is 9.98. The molecule has 23 heavy (non-hydrogen) atoms. The lowest BCUT2D eigenvalue weighted by molar-refractivity contribution is 0.0692. The van der Waals surface area contributed by atoms with Crippen molar-refractivity contribution in [2.75, 3.05) is 4.90 Å². The van der Waals surface area contributed by atoms with Gasteiger partial charge in [-0.15, -0.1) is 6.58 Å². The average molecular weight is 311 g/mol. The van der Waals surface area contributed by atoms with Gasteiger partial charge in [0.15, 0.2) is 0 Å². The molecule has 2 aromatic rings. The predicted octanol–water partition coefficient (Wildman–Crippen LogP) is 3.80. The van der Waals surface area contributed by atoms with E-state index in [1.165, 1.54) is 35.2 Å². The van der Waals surface area contributed by atoms with Crippen LogP contribution in [0.2, 0.25) is 0 Å². The highest BCUT2D eigenvalue weighted by Gasteiger charge is 2.39. The minimum atomic E-state index is -1.14. The molecule has 3 rings (SSSR count). The van der Waals surface area contributed by atoms with Gasteiger partial charge >= 0.3 is 5.97 Å². The molecule has 0 fully saturated rings. The second kappa shape index (κ2) is 5.68. The Labute approximate surface area is 132 Å². The molecule has 116 valence electrons. The first kappa shape index (κ1) is 15.0. The summed E-state index contributed by atoms with van der Waals surface area (Å²) in [5.74, 6) is -1.94. The number of nitrogens with zero attached hydrogens (tertiary/aromatic N) is 1. The lowest BCUT2D eigenvalue weighted by Gasteiger charge is -2.24. The molecule has 1 N–H and O–H groups in total. The number of anilines is 1. The first-order chi connectivity index (χ1) is 11.0. The highest BCUT2D eigenvalue weighted by Crippen LogP contribution is 2.40. The maximum atomic E-state index is 13.2. The van der Waals surface area contributed by atoms with Crippen LogP contribution in [0.3, 0.4) is 0 Å². The van der Waals surface area contributed by atoms with Crippen LogP contribution in [0.15, 0.2) is 55.1 Å². The fourth-order valence-electron chi connectivity index (χ4n) is 2.95. The molecule has 0 saturated heterocycles. The normalized spacial score (nSPS) is 16.3. The largest absolute Gasteiger partial charge is 0.478 e. The fraction of sp³-hybridized carbons (Fsp3) is 0.111. The van der Waals surface area contributed by atoms with Gasteiger partial charge in [-0.1, -0.05) is 18.2 Å². The molecular formula is C18H14FNO3. The van der Waals surface area contributed by atoms with Crippen LogP contribution in [0, 0.1) is 5.82 Å². The van der Waals surface area contributed by atoms with E-state index in [9.17, 15) is 19.1 Å². The molecule has 0 aliphatic carbocycles. The van der Waals surface area contributed by atoms with Crippen LogP contribution in [0.5, 0.6) is 0 Å². The van der Waals surface area contributed by atoms with Crippen LogP contribution in [-0.2, 0) is 0 Å². The van der Waals surface area contributed by atoms with E-state index in [-0.39, 0.29) is 17.2 Å². The molecule has 2 aromatic carbocycles. The number of aromatic carboxylic acids is 1. The third kappa shape index (κ3) is 2.40. The predicted molar refractivity (Wildman–Crippen MR) is 84.2 cm³/mol. The number of carboxylic acid groups (broad SMARTS) is 1.